The average Bonchev–Trinajstić information content (AvgIpc) is 3.40. The SMILES string of the molecule is CC(NC(=O)OC1CCC(c2cc(Nc3cnc(C#N)cn3)n[nH]2)C1)C1CC1.CCCCS. The summed E-state index contributed by atoms with van der Waals surface area (Å²) in [4.78, 5) is 20.1. The van der Waals surface area contributed by atoms with Crippen LogP contribution in [-0.4, -0.2) is 44.2 Å². The van der Waals surface area contributed by atoms with E-state index in [0.717, 1.165) is 30.7 Å². The number of carbonyl (C=O) groups excluding carboxylic acids is 1. The first-order valence-corrected chi connectivity index (χ1v) is 12.3. The minimum Gasteiger partial charge on any atom is -0.446 e. The van der Waals surface area contributed by atoms with Gasteiger partial charge in [-0.2, -0.15) is 23.0 Å². The van der Waals surface area contributed by atoms with Crippen LogP contribution in [0.5, 0.6) is 0 Å². The molecular weight excluding hydrogens is 438 g/mol. The van der Waals surface area contributed by atoms with Crippen LogP contribution < -0.4 is 10.6 Å². The summed E-state index contributed by atoms with van der Waals surface area (Å²) >= 11 is 4.00. The zero-order chi connectivity index (χ0) is 23.6. The van der Waals surface area contributed by atoms with E-state index in [9.17, 15) is 4.79 Å². The number of unbranched alkanes of at least 4 members (excludes halogenated alkanes) is 1. The Labute approximate surface area is 200 Å². The predicted octanol–water partition coefficient (Wildman–Crippen LogP) is 4.69. The maximum Gasteiger partial charge on any atom is 0.407 e. The Hall–Kier alpha value is -2.80. The number of nitrogens with zero attached hydrogens (tertiary/aromatic N) is 4. The number of aromatic amines is 1. The summed E-state index contributed by atoms with van der Waals surface area (Å²) in [6.07, 6.45) is 9.99. The van der Waals surface area contributed by atoms with Gasteiger partial charge in [-0.3, -0.25) is 5.10 Å². The first kappa shape index (κ1) is 24.8. The summed E-state index contributed by atoms with van der Waals surface area (Å²) in [5, 5.41) is 22.1. The highest BCUT2D eigenvalue weighted by Gasteiger charge is 2.32. The smallest absolute Gasteiger partial charge is 0.407 e. The number of hydrogen-bond donors (Lipinski definition) is 4. The van der Waals surface area contributed by atoms with Crippen LogP contribution in [0.25, 0.3) is 0 Å². The van der Waals surface area contributed by atoms with Gasteiger partial charge in [-0.05, 0) is 57.1 Å². The molecule has 10 heteroatoms. The number of aromatic nitrogens is 4. The molecule has 33 heavy (non-hydrogen) atoms. The van der Waals surface area contributed by atoms with Gasteiger partial charge >= 0.3 is 6.09 Å². The highest BCUT2D eigenvalue weighted by Crippen LogP contribution is 2.36. The van der Waals surface area contributed by atoms with Gasteiger partial charge in [0, 0.05) is 23.7 Å². The molecule has 4 rings (SSSR count). The highest BCUT2D eigenvalue weighted by molar-refractivity contribution is 7.80. The van der Waals surface area contributed by atoms with E-state index < -0.39 is 0 Å². The minimum atomic E-state index is -0.309. The van der Waals surface area contributed by atoms with E-state index in [2.05, 4.69) is 50.4 Å². The summed E-state index contributed by atoms with van der Waals surface area (Å²) in [7, 11) is 0. The Kier molecular flexibility index (Phi) is 9.36. The van der Waals surface area contributed by atoms with Gasteiger partial charge in [0.1, 0.15) is 18.0 Å². The number of alkyl carbamates (subject to hydrolysis) is 1. The molecule has 2 aromatic heterocycles. The van der Waals surface area contributed by atoms with Gasteiger partial charge < -0.3 is 15.4 Å². The summed E-state index contributed by atoms with van der Waals surface area (Å²) in [5.74, 6) is 3.08. The first-order chi connectivity index (χ1) is 16.0. The number of rotatable bonds is 8. The Morgan fingerprint density at radius 3 is 2.73 bits per heavy atom. The fourth-order valence-electron chi connectivity index (χ4n) is 3.76. The van der Waals surface area contributed by atoms with E-state index in [1.165, 1.54) is 38.1 Å². The third kappa shape index (κ3) is 7.93. The molecule has 2 aliphatic rings. The molecule has 3 N–H and O–H groups in total. The van der Waals surface area contributed by atoms with Gasteiger partial charge in [-0.1, -0.05) is 13.3 Å². The molecule has 2 fully saturated rings. The first-order valence-electron chi connectivity index (χ1n) is 11.6. The molecule has 0 spiro atoms. The highest BCUT2D eigenvalue weighted by atomic mass is 32.1. The predicted molar refractivity (Wildman–Crippen MR) is 130 cm³/mol. The van der Waals surface area contributed by atoms with Gasteiger partial charge in [-0.15, -0.1) is 0 Å². The maximum absolute atomic E-state index is 12.0. The Morgan fingerprint density at radius 1 is 1.30 bits per heavy atom. The molecule has 2 aliphatic carbocycles. The zero-order valence-corrected chi connectivity index (χ0v) is 20.1. The third-order valence-electron chi connectivity index (χ3n) is 5.90. The second kappa shape index (κ2) is 12.4. The fraction of sp³-hybridized carbons (Fsp3) is 0.609. The zero-order valence-electron chi connectivity index (χ0n) is 19.3. The molecule has 0 saturated heterocycles. The van der Waals surface area contributed by atoms with Crippen LogP contribution in [0.3, 0.4) is 0 Å². The molecule has 2 saturated carbocycles. The minimum absolute atomic E-state index is 0.0690. The van der Waals surface area contributed by atoms with Crippen molar-refractivity contribution >= 4 is 30.4 Å². The Balaban J connectivity index is 0.000000555. The second-order valence-electron chi connectivity index (χ2n) is 8.62. The largest absolute Gasteiger partial charge is 0.446 e. The van der Waals surface area contributed by atoms with Crippen molar-refractivity contribution in [3.8, 4) is 6.07 Å². The molecule has 0 bridgehead atoms. The molecule has 0 aliphatic heterocycles. The topological polar surface area (TPSA) is 129 Å². The molecule has 1 amide bonds. The number of H-pyrrole nitrogens is 1. The summed E-state index contributed by atoms with van der Waals surface area (Å²) in [6.45, 7) is 4.20. The van der Waals surface area contributed by atoms with E-state index in [1.807, 2.05) is 19.1 Å². The quantitative estimate of drug-likeness (QED) is 0.411. The number of amides is 1. The number of thiol groups is 1. The standard InChI is InChI=1S/C19H23N7O2.C4H10S/c1-11(12-2-3-12)23-19(27)28-15-5-4-13(6-15)16-7-17(26-25-16)24-18-10-21-14(8-20)9-22-18;1-2-3-4-5/h7,9-13,15H,2-6H2,1H3,(H,23,27)(H2,22,24,25,26);5H,2-4H2,1H3. The van der Waals surface area contributed by atoms with E-state index in [4.69, 9.17) is 10.00 Å². The van der Waals surface area contributed by atoms with Crippen LogP contribution in [0.4, 0.5) is 16.4 Å². The van der Waals surface area contributed by atoms with E-state index in [0.29, 0.717) is 17.6 Å². The lowest BCUT2D eigenvalue weighted by Crippen LogP contribution is -2.36. The lowest BCUT2D eigenvalue weighted by molar-refractivity contribution is 0.0968. The van der Waals surface area contributed by atoms with Crippen molar-refractivity contribution in [2.24, 2.45) is 5.92 Å². The summed E-state index contributed by atoms with van der Waals surface area (Å²) < 4.78 is 5.59. The van der Waals surface area contributed by atoms with E-state index in [1.54, 1.807) is 0 Å². The van der Waals surface area contributed by atoms with Crippen molar-refractivity contribution in [3.63, 3.8) is 0 Å². The van der Waals surface area contributed by atoms with Gasteiger partial charge in [-0.25, -0.2) is 14.8 Å². The van der Waals surface area contributed by atoms with Crippen LogP contribution in [0.15, 0.2) is 18.5 Å². The molecular formula is C23H33N7O2S. The third-order valence-corrected chi connectivity index (χ3v) is 6.22. The molecule has 3 unspecified atom stereocenters. The maximum atomic E-state index is 12.0. The summed E-state index contributed by atoms with van der Waals surface area (Å²) in [6, 6.07) is 4.06. The van der Waals surface area contributed by atoms with E-state index in [-0.39, 0.29) is 29.9 Å². The van der Waals surface area contributed by atoms with Gasteiger partial charge in [0.2, 0.25) is 0 Å². The lowest BCUT2D eigenvalue weighted by Gasteiger charge is -2.16. The van der Waals surface area contributed by atoms with Gasteiger partial charge in [0.15, 0.2) is 11.5 Å². The number of nitriles is 1. The van der Waals surface area contributed by atoms with Crippen LogP contribution in [0.1, 0.15) is 76.1 Å². The van der Waals surface area contributed by atoms with Crippen LogP contribution in [0, 0.1) is 17.2 Å². The molecule has 178 valence electrons. The van der Waals surface area contributed by atoms with Crippen molar-refractivity contribution in [1.29, 1.82) is 5.26 Å². The molecule has 3 atom stereocenters. The number of carbonyl (C=O) groups is 1. The monoisotopic (exact) mass is 471 g/mol. The second-order valence-corrected chi connectivity index (χ2v) is 9.06. The molecule has 0 radical (unpaired) electrons. The lowest BCUT2D eigenvalue weighted by atomic mass is 10.0. The normalized spacial score (nSPS) is 20.2. The molecule has 2 heterocycles. The average molecular weight is 472 g/mol. The van der Waals surface area contributed by atoms with Gasteiger partial charge in [0.05, 0.1) is 12.4 Å². The van der Waals surface area contributed by atoms with Crippen molar-refractivity contribution in [2.75, 3.05) is 11.1 Å². The number of ether oxygens (including phenoxy) is 1. The van der Waals surface area contributed by atoms with Crippen LogP contribution in [0.2, 0.25) is 0 Å². The van der Waals surface area contributed by atoms with Crippen molar-refractivity contribution in [3.05, 3.63) is 29.8 Å². The van der Waals surface area contributed by atoms with Crippen molar-refractivity contribution in [2.45, 2.75) is 76.9 Å². The summed E-state index contributed by atoms with van der Waals surface area (Å²) in [5.41, 5.74) is 1.27. The Morgan fingerprint density at radius 2 is 2.12 bits per heavy atom. The molecule has 9 nitrogen and oxygen atoms in total. The van der Waals surface area contributed by atoms with Gasteiger partial charge in [0.25, 0.3) is 0 Å². The van der Waals surface area contributed by atoms with Crippen LogP contribution >= 0.6 is 12.6 Å². The van der Waals surface area contributed by atoms with Crippen LogP contribution in [-0.2, 0) is 4.74 Å². The van der Waals surface area contributed by atoms with Crippen molar-refractivity contribution in [1.82, 2.24) is 25.5 Å². The molecule has 2 aromatic rings. The number of anilines is 2. The Bertz CT molecular complexity index is 922. The fourth-order valence-corrected chi connectivity index (χ4v) is 4.08. The number of nitrogens with one attached hydrogen (secondary N) is 3. The van der Waals surface area contributed by atoms with E-state index >= 15 is 0 Å². The molecule has 0 aromatic carbocycles. The number of hydrogen-bond acceptors (Lipinski definition) is 8. The van der Waals surface area contributed by atoms with Crippen molar-refractivity contribution < 1.29 is 9.53 Å².